The number of aromatic nitrogens is 1. The smallest absolute Gasteiger partial charge is 0.242 e. The second-order valence-corrected chi connectivity index (χ2v) is 9.11. The van der Waals surface area contributed by atoms with Crippen molar-refractivity contribution >= 4 is 10.0 Å². The number of ether oxygens (including phenoxy) is 1. The summed E-state index contributed by atoms with van der Waals surface area (Å²) in [7, 11) is -3.95. The fraction of sp³-hybridized carbons (Fsp3) is 0.450. The third kappa shape index (κ3) is 5.94. The summed E-state index contributed by atoms with van der Waals surface area (Å²) in [6.07, 6.45) is 1.13. The lowest BCUT2D eigenvalue weighted by atomic mass is 10.1. The Balaban J connectivity index is 1.83. The summed E-state index contributed by atoms with van der Waals surface area (Å²) in [5.74, 6) is -1.68. The Kier molecular flexibility index (Phi) is 7.35. The van der Waals surface area contributed by atoms with Crippen LogP contribution in [-0.4, -0.2) is 57.1 Å². The fourth-order valence-corrected chi connectivity index (χ4v) is 4.34. The van der Waals surface area contributed by atoms with E-state index in [1.54, 1.807) is 0 Å². The zero-order valence-electron chi connectivity index (χ0n) is 16.9. The fourth-order valence-electron chi connectivity index (χ4n) is 3.18. The average molecular weight is 441 g/mol. The highest BCUT2D eigenvalue weighted by Gasteiger charge is 2.25. The van der Waals surface area contributed by atoms with Crippen LogP contribution in [0.15, 0.2) is 41.4 Å². The minimum Gasteiger partial charge on any atom is -0.475 e. The van der Waals surface area contributed by atoms with Gasteiger partial charge in [-0.25, -0.2) is 26.9 Å². The number of hydrogen-bond acceptors (Lipinski definition) is 6. The summed E-state index contributed by atoms with van der Waals surface area (Å²) >= 11 is 0. The van der Waals surface area contributed by atoms with Gasteiger partial charge in [0.2, 0.25) is 15.9 Å². The molecule has 10 heteroatoms. The highest BCUT2D eigenvalue weighted by molar-refractivity contribution is 7.89. The first-order valence-electron chi connectivity index (χ1n) is 9.77. The molecule has 0 amide bonds. The topological polar surface area (TPSA) is 83.6 Å². The van der Waals surface area contributed by atoms with Crippen LogP contribution in [0.3, 0.4) is 0 Å². The van der Waals surface area contributed by atoms with Gasteiger partial charge in [-0.3, -0.25) is 4.90 Å². The van der Waals surface area contributed by atoms with Crippen LogP contribution in [0.4, 0.5) is 8.78 Å². The zero-order valence-corrected chi connectivity index (χ0v) is 17.8. The van der Waals surface area contributed by atoms with Gasteiger partial charge in [-0.1, -0.05) is 6.07 Å². The van der Waals surface area contributed by atoms with Gasteiger partial charge in [0.15, 0.2) is 11.6 Å². The van der Waals surface area contributed by atoms with E-state index in [4.69, 9.17) is 4.74 Å². The maximum absolute atomic E-state index is 13.8. The Morgan fingerprint density at radius 3 is 2.50 bits per heavy atom. The maximum atomic E-state index is 13.8. The van der Waals surface area contributed by atoms with Gasteiger partial charge in [0.05, 0.1) is 18.3 Å². The molecular weight excluding hydrogens is 414 g/mol. The molecule has 0 bridgehead atoms. The van der Waals surface area contributed by atoms with Crippen LogP contribution in [0, 0.1) is 11.6 Å². The number of piperazine rings is 1. The second kappa shape index (κ2) is 9.78. The van der Waals surface area contributed by atoms with Crippen LogP contribution in [0.2, 0.25) is 0 Å². The van der Waals surface area contributed by atoms with Gasteiger partial charge in [0, 0.05) is 38.8 Å². The molecule has 1 aromatic heterocycles. The molecule has 1 fully saturated rings. The van der Waals surface area contributed by atoms with Crippen LogP contribution in [0.1, 0.15) is 25.5 Å². The Labute approximate surface area is 175 Å². The van der Waals surface area contributed by atoms with Gasteiger partial charge in [0.25, 0.3) is 0 Å². The van der Waals surface area contributed by atoms with Crippen molar-refractivity contribution in [2.24, 2.45) is 0 Å². The molecule has 3 rings (SSSR count). The summed E-state index contributed by atoms with van der Waals surface area (Å²) in [6.45, 7) is 7.02. The van der Waals surface area contributed by atoms with Crippen molar-refractivity contribution in [2.45, 2.75) is 30.9 Å². The number of halogens is 2. The molecule has 0 aliphatic carbocycles. The molecule has 2 N–H and O–H groups in total. The molecule has 164 valence electrons. The summed E-state index contributed by atoms with van der Waals surface area (Å²) in [5.41, 5.74) is 0.351. The number of pyridine rings is 1. The largest absolute Gasteiger partial charge is 0.475 e. The van der Waals surface area contributed by atoms with E-state index in [2.05, 4.69) is 19.9 Å². The van der Waals surface area contributed by atoms with Crippen LogP contribution in [0.5, 0.6) is 5.88 Å². The SMILES string of the molecule is CC(C)Oc1ccc(S(=O)(=O)N[C@H](CN2CCNCC2)c2ccc(F)c(F)c2)cn1. The first-order valence-corrected chi connectivity index (χ1v) is 11.3. The van der Waals surface area contributed by atoms with E-state index in [9.17, 15) is 17.2 Å². The van der Waals surface area contributed by atoms with Crippen LogP contribution in [-0.2, 0) is 10.0 Å². The van der Waals surface area contributed by atoms with E-state index in [1.807, 2.05) is 13.8 Å². The molecular formula is C20H26F2N4O3S. The summed E-state index contributed by atoms with van der Waals surface area (Å²) < 4.78 is 61.2. The van der Waals surface area contributed by atoms with Crippen molar-refractivity contribution in [1.29, 1.82) is 0 Å². The number of nitrogens with one attached hydrogen (secondary N) is 2. The Bertz CT molecular complexity index is 949. The van der Waals surface area contributed by atoms with Crippen molar-refractivity contribution in [2.75, 3.05) is 32.7 Å². The first-order chi connectivity index (χ1) is 14.2. The standard InChI is InChI=1S/C20H26F2N4O3S/c1-14(2)29-20-6-4-16(12-24-20)30(27,28)25-19(13-26-9-7-23-8-10-26)15-3-5-17(21)18(22)11-15/h3-6,11-12,14,19,23,25H,7-10,13H2,1-2H3/t19-/m1/s1. The third-order valence-corrected chi connectivity index (χ3v) is 6.13. The monoisotopic (exact) mass is 440 g/mol. The lowest BCUT2D eigenvalue weighted by molar-refractivity contribution is 0.223. The van der Waals surface area contributed by atoms with Crippen molar-refractivity contribution in [3.05, 3.63) is 53.7 Å². The van der Waals surface area contributed by atoms with Crippen molar-refractivity contribution in [3.63, 3.8) is 0 Å². The zero-order chi connectivity index (χ0) is 21.7. The lowest BCUT2D eigenvalue weighted by Crippen LogP contribution is -2.47. The van der Waals surface area contributed by atoms with E-state index < -0.39 is 27.7 Å². The minimum absolute atomic E-state index is 0.0356. The van der Waals surface area contributed by atoms with Gasteiger partial charge in [0.1, 0.15) is 4.90 Å². The van der Waals surface area contributed by atoms with Crippen LogP contribution >= 0.6 is 0 Å². The Morgan fingerprint density at radius 1 is 1.17 bits per heavy atom. The van der Waals surface area contributed by atoms with Gasteiger partial charge < -0.3 is 10.1 Å². The van der Waals surface area contributed by atoms with Crippen molar-refractivity contribution in [3.8, 4) is 5.88 Å². The Hall–Kier alpha value is -2.14. The van der Waals surface area contributed by atoms with Gasteiger partial charge >= 0.3 is 0 Å². The van der Waals surface area contributed by atoms with E-state index >= 15 is 0 Å². The van der Waals surface area contributed by atoms with Crippen molar-refractivity contribution < 1.29 is 21.9 Å². The maximum Gasteiger partial charge on any atom is 0.242 e. The predicted octanol–water partition coefficient (Wildman–Crippen LogP) is 2.07. The summed E-state index contributed by atoms with van der Waals surface area (Å²) in [5, 5.41) is 3.23. The average Bonchev–Trinajstić information content (AvgIpc) is 2.70. The quantitative estimate of drug-likeness (QED) is 0.654. The molecule has 1 atom stereocenters. The minimum atomic E-state index is -3.95. The highest BCUT2D eigenvalue weighted by atomic mass is 32.2. The summed E-state index contributed by atoms with van der Waals surface area (Å²) in [6, 6.07) is 5.56. The second-order valence-electron chi connectivity index (χ2n) is 7.40. The van der Waals surface area contributed by atoms with Crippen LogP contribution in [0.25, 0.3) is 0 Å². The van der Waals surface area contributed by atoms with Gasteiger partial charge in [-0.05, 0) is 37.6 Å². The molecule has 0 saturated carbocycles. The van der Waals surface area contributed by atoms with Crippen LogP contribution < -0.4 is 14.8 Å². The Morgan fingerprint density at radius 2 is 1.90 bits per heavy atom. The molecule has 7 nitrogen and oxygen atoms in total. The number of rotatable bonds is 8. The molecule has 0 spiro atoms. The molecule has 1 aromatic carbocycles. The predicted molar refractivity (Wildman–Crippen MR) is 109 cm³/mol. The number of hydrogen-bond donors (Lipinski definition) is 2. The molecule has 0 unspecified atom stereocenters. The van der Waals surface area contributed by atoms with E-state index in [0.717, 1.165) is 38.3 Å². The molecule has 2 heterocycles. The third-order valence-electron chi connectivity index (χ3n) is 4.67. The first kappa shape index (κ1) is 22.5. The molecule has 30 heavy (non-hydrogen) atoms. The lowest BCUT2D eigenvalue weighted by Gasteiger charge is -2.31. The molecule has 1 aliphatic heterocycles. The van der Waals surface area contributed by atoms with E-state index in [1.165, 1.54) is 24.4 Å². The number of benzene rings is 1. The van der Waals surface area contributed by atoms with Gasteiger partial charge in [-0.2, -0.15) is 0 Å². The number of nitrogens with zero attached hydrogens (tertiary/aromatic N) is 2. The van der Waals surface area contributed by atoms with E-state index in [0.29, 0.717) is 18.0 Å². The molecule has 0 radical (unpaired) electrons. The number of sulfonamides is 1. The normalized spacial score (nSPS) is 16.6. The molecule has 1 aliphatic rings. The molecule has 1 saturated heterocycles. The highest BCUT2D eigenvalue weighted by Crippen LogP contribution is 2.22. The van der Waals surface area contributed by atoms with E-state index in [-0.39, 0.29) is 11.0 Å². The summed E-state index contributed by atoms with van der Waals surface area (Å²) in [4.78, 5) is 6.07. The van der Waals surface area contributed by atoms with Crippen molar-refractivity contribution in [1.82, 2.24) is 19.9 Å². The van der Waals surface area contributed by atoms with Gasteiger partial charge in [-0.15, -0.1) is 0 Å². The molecule has 2 aromatic rings.